The Morgan fingerprint density at radius 1 is 1.52 bits per heavy atom. The maximum absolute atomic E-state index is 12.5. The highest BCUT2D eigenvalue weighted by atomic mass is 79.9. The van der Waals surface area contributed by atoms with E-state index in [1.165, 1.54) is 23.5 Å². The largest absolute Gasteiger partial charge is 0.398 e. The van der Waals surface area contributed by atoms with Crippen LogP contribution in [-0.4, -0.2) is 13.4 Å². The number of hydrogen-bond acceptors (Lipinski definition) is 5. The van der Waals surface area contributed by atoms with E-state index in [-0.39, 0.29) is 21.6 Å². The predicted octanol–water partition coefficient (Wildman–Crippen LogP) is 3.57. The van der Waals surface area contributed by atoms with Crippen LogP contribution < -0.4 is 10.5 Å². The number of hydrogen-bond donors (Lipinski definition) is 2. The summed E-state index contributed by atoms with van der Waals surface area (Å²) >= 11 is 10.5. The van der Waals surface area contributed by atoms with Gasteiger partial charge >= 0.3 is 0 Å². The fourth-order valence-electron chi connectivity index (χ4n) is 1.75. The standard InChI is InChI=1S/C12H13BrClN3O2S2/c1-2-9(12-16-3-4-20-12)17-21(18,19)10-6-7(14)5-8(15)11(10)13/h3-6,9,17H,2,15H2,1H3. The molecule has 0 amide bonds. The second-order valence-electron chi connectivity index (χ2n) is 4.26. The molecule has 0 aliphatic rings. The van der Waals surface area contributed by atoms with Crippen LogP contribution in [0.15, 0.2) is 33.1 Å². The number of halogens is 2. The Morgan fingerprint density at radius 3 is 2.81 bits per heavy atom. The van der Waals surface area contributed by atoms with E-state index in [2.05, 4.69) is 25.6 Å². The Bertz CT molecular complexity index is 735. The maximum Gasteiger partial charge on any atom is 0.242 e. The lowest BCUT2D eigenvalue weighted by molar-refractivity contribution is 0.548. The van der Waals surface area contributed by atoms with Crippen molar-refractivity contribution in [2.24, 2.45) is 0 Å². The molecule has 0 fully saturated rings. The summed E-state index contributed by atoms with van der Waals surface area (Å²) in [6.07, 6.45) is 2.23. The molecule has 0 radical (unpaired) electrons. The van der Waals surface area contributed by atoms with Crippen molar-refractivity contribution in [3.05, 3.63) is 38.2 Å². The normalized spacial score (nSPS) is 13.3. The molecule has 9 heteroatoms. The van der Waals surface area contributed by atoms with Crippen molar-refractivity contribution in [3.63, 3.8) is 0 Å². The molecule has 0 aliphatic heterocycles. The third kappa shape index (κ3) is 3.75. The van der Waals surface area contributed by atoms with Crippen LogP contribution in [0.1, 0.15) is 24.4 Å². The van der Waals surface area contributed by atoms with Gasteiger partial charge in [0.25, 0.3) is 0 Å². The average molecular weight is 411 g/mol. The van der Waals surface area contributed by atoms with Crippen molar-refractivity contribution in [2.75, 3.05) is 5.73 Å². The van der Waals surface area contributed by atoms with E-state index in [0.717, 1.165) is 0 Å². The van der Waals surface area contributed by atoms with Crippen molar-refractivity contribution in [1.82, 2.24) is 9.71 Å². The van der Waals surface area contributed by atoms with E-state index in [4.69, 9.17) is 17.3 Å². The lowest BCUT2D eigenvalue weighted by atomic mass is 10.3. The van der Waals surface area contributed by atoms with Gasteiger partial charge in [0.2, 0.25) is 10.0 Å². The molecule has 2 aromatic rings. The van der Waals surface area contributed by atoms with Gasteiger partial charge in [-0.1, -0.05) is 18.5 Å². The lowest BCUT2D eigenvalue weighted by Crippen LogP contribution is -2.28. The summed E-state index contributed by atoms with van der Waals surface area (Å²) in [4.78, 5) is 4.17. The van der Waals surface area contributed by atoms with E-state index in [0.29, 0.717) is 15.9 Å². The zero-order valence-corrected chi connectivity index (χ0v) is 15.0. The minimum Gasteiger partial charge on any atom is -0.398 e. The first kappa shape index (κ1) is 16.7. The van der Waals surface area contributed by atoms with Crippen LogP contribution in [0, 0.1) is 0 Å². The lowest BCUT2D eigenvalue weighted by Gasteiger charge is -2.16. The Labute approximate surface area is 140 Å². The zero-order valence-electron chi connectivity index (χ0n) is 11.0. The van der Waals surface area contributed by atoms with Crippen LogP contribution in [0.25, 0.3) is 0 Å². The summed E-state index contributed by atoms with van der Waals surface area (Å²) in [6.45, 7) is 1.88. The molecule has 2 rings (SSSR count). The number of nitrogens with one attached hydrogen (secondary N) is 1. The van der Waals surface area contributed by atoms with E-state index in [9.17, 15) is 8.42 Å². The van der Waals surface area contributed by atoms with E-state index in [1.807, 2.05) is 6.92 Å². The summed E-state index contributed by atoms with van der Waals surface area (Å²) in [5.41, 5.74) is 6.01. The Kier molecular flexibility index (Phi) is 5.26. The number of sulfonamides is 1. The zero-order chi connectivity index (χ0) is 15.6. The van der Waals surface area contributed by atoms with Gasteiger partial charge in [-0.15, -0.1) is 11.3 Å². The fraction of sp³-hybridized carbons (Fsp3) is 0.250. The number of nitrogens with two attached hydrogens (primary N) is 1. The summed E-state index contributed by atoms with van der Waals surface area (Å²) in [6, 6.07) is 2.46. The van der Waals surface area contributed by atoms with Crippen molar-refractivity contribution in [2.45, 2.75) is 24.3 Å². The molecule has 21 heavy (non-hydrogen) atoms. The van der Waals surface area contributed by atoms with Crippen LogP contribution in [0.2, 0.25) is 5.02 Å². The summed E-state index contributed by atoms with van der Waals surface area (Å²) in [5, 5.41) is 2.78. The van der Waals surface area contributed by atoms with Crippen molar-refractivity contribution in [1.29, 1.82) is 0 Å². The molecule has 3 N–H and O–H groups in total. The third-order valence-corrected chi connectivity index (χ3v) is 6.53. The highest BCUT2D eigenvalue weighted by Gasteiger charge is 2.25. The number of nitrogen functional groups attached to an aromatic ring is 1. The molecule has 0 bridgehead atoms. The summed E-state index contributed by atoms with van der Waals surface area (Å²) < 4.78 is 28.0. The van der Waals surface area contributed by atoms with E-state index < -0.39 is 10.0 Å². The number of nitrogens with zero attached hydrogens (tertiary/aromatic N) is 1. The van der Waals surface area contributed by atoms with Gasteiger partial charge < -0.3 is 5.73 Å². The Balaban J connectivity index is 2.39. The Morgan fingerprint density at radius 2 is 2.24 bits per heavy atom. The number of aromatic nitrogens is 1. The first-order valence-corrected chi connectivity index (χ1v) is 9.54. The Hall–Kier alpha value is -0.670. The number of anilines is 1. The molecule has 0 saturated heterocycles. The molecule has 5 nitrogen and oxygen atoms in total. The van der Waals surface area contributed by atoms with Crippen LogP contribution in [0.4, 0.5) is 5.69 Å². The minimum absolute atomic E-state index is 0.0162. The highest BCUT2D eigenvalue weighted by molar-refractivity contribution is 9.10. The smallest absolute Gasteiger partial charge is 0.242 e. The monoisotopic (exact) mass is 409 g/mol. The summed E-state index contributed by atoms with van der Waals surface area (Å²) in [5.74, 6) is 0. The molecule has 0 spiro atoms. The second kappa shape index (κ2) is 6.62. The van der Waals surface area contributed by atoms with Crippen molar-refractivity contribution in [3.8, 4) is 0 Å². The van der Waals surface area contributed by atoms with Crippen LogP contribution >= 0.6 is 38.9 Å². The molecule has 1 heterocycles. The molecule has 0 saturated carbocycles. The number of benzene rings is 1. The van der Waals surface area contributed by atoms with E-state index in [1.54, 1.807) is 11.6 Å². The number of rotatable bonds is 5. The molecule has 114 valence electrons. The van der Waals surface area contributed by atoms with E-state index >= 15 is 0 Å². The molecular formula is C12H13BrClN3O2S2. The van der Waals surface area contributed by atoms with Gasteiger partial charge in [0.15, 0.2) is 0 Å². The van der Waals surface area contributed by atoms with Gasteiger partial charge in [-0.3, -0.25) is 0 Å². The quantitative estimate of drug-likeness (QED) is 0.738. The molecule has 1 aromatic heterocycles. The fourth-order valence-corrected chi connectivity index (χ4v) is 5.17. The van der Waals surface area contributed by atoms with Crippen molar-refractivity contribution >= 4 is 54.6 Å². The number of thiazole rings is 1. The molecule has 1 unspecified atom stereocenters. The topological polar surface area (TPSA) is 85.1 Å². The first-order valence-electron chi connectivity index (χ1n) is 6.01. The van der Waals surface area contributed by atoms with Gasteiger partial charge in [0.1, 0.15) is 5.01 Å². The van der Waals surface area contributed by atoms with Crippen LogP contribution in [-0.2, 0) is 10.0 Å². The van der Waals surface area contributed by atoms with Gasteiger partial charge in [0.05, 0.1) is 15.4 Å². The minimum atomic E-state index is -3.77. The molecular weight excluding hydrogens is 398 g/mol. The molecule has 1 atom stereocenters. The predicted molar refractivity (Wildman–Crippen MR) is 89.0 cm³/mol. The summed E-state index contributed by atoms with van der Waals surface area (Å²) in [7, 11) is -3.77. The van der Waals surface area contributed by atoms with Crippen molar-refractivity contribution < 1.29 is 8.42 Å². The third-order valence-electron chi connectivity index (χ3n) is 2.78. The van der Waals surface area contributed by atoms with Gasteiger partial charge in [-0.05, 0) is 34.5 Å². The highest BCUT2D eigenvalue weighted by Crippen LogP contribution is 2.32. The molecule has 1 aromatic carbocycles. The van der Waals surface area contributed by atoms with Gasteiger partial charge in [0, 0.05) is 22.3 Å². The molecule has 0 aliphatic carbocycles. The second-order valence-corrected chi connectivity index (χ2v) is 8.10. The van der Waals surface area contributed by atoms with Gasteiger partial charge in [-0.2, -0.15) is 0 Å². The van der Waals surface area contributed by atoms with Gasteiger partial charge in [-0.25, -0.2) is 18.1 Å². The van der Waals surface area contributed by atoms with Crippen LogP contribution in [0.5, 0.6) is 0 Å². The SMILES string of the molecule is CCC(NS(=O)(=O)c1cc(Cl)cc(N)c1Br)c1nccs1. The maximum atomic E-state index is 12.5. The average Bonchev–Trinajstić information content (AvgIpc) is 2.94. The van der Waals surface area contributed by atoms with Crippen LogP contribution in [0.3, 0.4) is 0 Å². The first-order chi connectivity index (χ1) is 9.85.